The molecule has 2 N–H and O–H groups in total. The zero-order chi connectivity index (χ0) is 25.0. The maximum atomic E-state index is 10.0. The molecule has 2 aliphatic heterocycles. The number of likely N-dealkylation sites (N-methyl/N-ethyl adjacent to an activating group) is 2. The molecule has 0 saturated carbocycles. The van der Waals surface area contributed by atoms with Crippen LogP contribution in [-0.2, 0) is 11.2 Å². The number of nitrogens with zero attached hydrogens (tertiary/aromatic N) is 4. The van der Waals surface area contributed by atoms with E-state index in [-0.39, 0.29) is 12.1 Å². The quantitative estimate of drug-likeness (QED) is 0.563. The number of aliphatic hydroxyl groups is 1. The number of hydrogen-bond acceptors (Lipinski definition) is 8. The van der Waals surface area contributed by atoms with E-state index in [1.807, 2.05) is 31.3 Å². The fraction of sp³-hybridized carbons (Fsp3) is 0.630. The summed E-state index contributed by atoms with van der Waals surface area (Å²) in [5.41, 5.74) is 3.26. The number of hydrogen-bond donors (Lipinski definition) is 2. The van der Waals surface area contributed by atoms with E-state index >= 15 is 0 Å². The first kappa shape index (κ1) is 25.8. The van der Waals surface area contributed by atoms with Gasteiger partial charge in [0, 0.05) is 61.8 Å². The highest BCUT2D eigenvalue weighted by molar-refractivity contribution is 5.62. The second-order valence-electron chi connectivity index (χ2n) is 10.6. The van der Waals surface area contributed by atoms with E-state index in [2.05, 4.69) is 42.9 Å². The molecule has 3 heterocycles. The van der Waals surface area contributed by atoms with Crippen LogP contribution in [0, 0.1) is 12.8 Å². The average molecular weight is 484 g/mol. The van der Waals surface area contributed by atoms with Crippen molar-refractivity contribution in [1.29, 1.82) is 0 Å². The second kappa shape index (κ2) is 11.2. The Morgan fingerprint density at radius 2 is 2.11 bits per heavy atom. The standard InChI is InChI=1S/C27H41N5O3/c1-19-24(13-20-9-12-34-16-20)29-25(30-26(19)32-11-10-31(5)27(2,3)18-32)21-7-6-8-23(14-21)35-17-22(33)15-28-4/h6-8,14,20,22,28,33H,9-13,15-18H2,1-5H3. The Bertz CT molecular complexity index is 993. The van der Waals surface area contributed by atoms with E-state index in [4.69, 9.17) is 19.4 Å². The lowest BCUT2D eigenvalue weighted by Crippen LogP contribution is -2.58. The zero-order valence-electron chi connectivity index (χ0n) is 21.9. The number of aliphatic hydroxyl groups excluding tert-OH is 1. The first-order valence-electron chi connectivity index (χ1n) is 12.7. The van der Waals surface area contributed by atoms with Gasteiger partial charge in [-0.2, -0.15) is 0 Å². The number of piperazine rings is 1. The molecule has 35 heavy (non-hydrogen) atoms. The molecule has 4 rings (SSSR count). The van der Waals surface area contributed by atoms with Crippen molar-refractivity contribution in [3.63, 3.8) is 0 Å². The van der Waals surface area contributed by atoms with Crippen LogP contribution in [0.5, 0.6) is 5.75 Å². The van der Waals surface area contributed by atoms with Gasteiger partial charge in [0.2, 0.25) is 0 Å². The lowest BCUT2D eigenvalue weighted by Gasteiger charge is -2.46. The molecule has 2 fully saturated rings. The Morgan fingerprint density at radius 3 is 2.83 bits per heavy atom. The normalized spacial score (nSPS) is 21.3. The van der Waals surface area contributed by atoms with Gasteiger partial charge in [-0.25, -0.2) is 9.97 Å². The van der Waals surface area contributed by atoms with Crippen molar-refractivity contribution in [1.82, 2.24) is 20.2 Å². The van der Waals surface area contributed by atoms with Crippen molar-refractivity contribution in [3.8, 4) is 17.1 Å². The molecule has 2 unspecified atom stereocenters. The first-order valence-corrected chi connectivity index (χ1v) is 12.7. The van der Waals surface area contributed by atoms with Gasteiger partial charge in [-0.05, 0) is 65.8 Å². The van der Waals surface area contributed by atoms with E-state index in [1.54, 1.807) is 0 Å². The number of ether oxygens (including phenoxy) is 2. The van der Waals surface area contributed by atoms with Crippen LogP contribution in [0.15, 0.2) is 24.3 Å². The molecule has 0 aliphatic carbocycles. The van der Waals surface area contributed by atoms with Gasteiger partial charge in [0.1, 0.15) is 24.3 Å². The van der Waals surface area contributed by atoms with Gasteiger partial charge in [0.25, 0.3) is 0 Å². The minimum atomic E-state index is -0.563. The third-order valence-electron chi connectivity index (χ3n) is 7.32. The molecule has 2 saturated heterocycles. The summed E-state index contributed by atoms with van der Waals surface area (Å²) in [5.74, 6) is 2.95. The summed E-state index contributed by atoms with van der Waals surface area (Å²) in [6, 6.07) is 7.87. The van der Waals surface area contributed by atoms with E-state index in [0.29, 0.717) is 18.2 Å². The molecule has 8 heteroatoms. The predicted molar refractivity (Wildman–Crippen MR) is 139 cm³/mol. The number of rotatable bonds is 9. The Labute approximate surface area is 209 Å². The summed E-state index contributed by atoms with van der Waals surface area (Å²) in [6.45, 7) is 11.9. The summed E-state index contributed by atoms with van der Waals surface area (Å²) >= 11 is 0. The van der Waals surface area contributed by atoms with Gasteiger partial charge < -0.3 is 24.8 Å². The van der Waals surface area contributed by atoms with Gasteiger partial charge in [0.15, 0.2) is 5.82 Å². The van der Waals surface area contributed by atoms with E-state index in [0.717, 1.165) is 68.6 Å². The van der Waals surface area contributed by atoms with Crippen LogP contribution in [0.4, 0.5) is 5.82 Å². The number of nitrogens with one attached hydrogen (secondary N) is 1. The highest BCUT2D eigenvalue weighted by atomic mass is 16.5. The summed E-state index contributed by atoms with van der Waals surface area (Å²) in [4.78, 5) is 15.0. The van der Waals surface area contributed by atoms with Gasteiger partial charge in [0.05, 0.1) is 0 Å². The molecule has 0 amide bonds. The van der Waals surface area contributed by atoms with Gasteiger partial charge in [-0.15, -0.1) is 0 Å². The Morgan fingerprint density at radius 1 is 1.29 bits per heavy atom. The van der Waals surface area contributed by atoms with Crippen LogP contribution in [0.2, 0.25) is 0 Å². The molecule has 2 aliphatic rings. The van der Waals surface area contributed by atoms with Crippen molar-refractivity contribution in [3.05, 3.63) is 35.5 Å². The van der Waals surface area contributed by atoms with E-state index in [9.17, 15) is 5.11 Å². The third-order valence-corrected chi connectivity index (χ3v) is 7.32. The minimum Gasteiger partial charge on any atom is -0.491 e. The first-order chi connectivity index (χ1) is 16.8. The SMILES string of the molecule is CNCC(O)COc1cccc(-c2nc(CC3CCOC3)c(C)c(N3CCN(C)C(C)(C)C3)n2)c1. The Hall–Kier alpha value is -2.26. The molecule has 0 bridgehead atoms. The van der Waals surface area contributed by atoms with Crippen molar-refractivity contribution in [2.24, 2.45) is 5.92 Å². The number of aromatic nitrogens is 2. The molecular formula is C27H41N5O3. The minimum absolute atomic E-state index is 0.0667. The zero-order valence-corrected chi connectivity index (χ0v) is 21.9. The molecule has 1 aromatic heterocycles. The molecule has 1 aromatic carbocycles. The fourth-order valence-corrected chi connectivity index (χ4v) is 4.84. The highest BCUT2D eigenvalue weighted by Crippen LogP contribution is 2.32. The molecule has 0 radical (unpaired) electrons. The van der Waals surface area contributed by atoms with Gasteiger partial charge >= 0.3 is 0 Å². The molecule has 2 atom stereocenters. The summed E-state index contributed by atoms with van der Waals surface area (Å²) in [6.07, 6.45) is 1.41. The maximum Gasteiger partial charge on any atom is 0.161 e. The van der Waals surface area contributed by atoms with E-state index < -0.39 is 6.10 Å². The van der Waals surface area contributed by atoms with Crippen molar-refractivity contribution in [2.45, 2.75) is 45.3 Å². The third kappa shape index (κ3) is 6.30. The van der Waals surface area contributed by atoms with Gasteiger partial charge in [-0.1, -0.05) is 12.1 Å². The average Bonchev–Trinajstić information content (AvgIpc) is 3.34. The van der Waals surface area contributed by atoms with Crippen LogP contribution < -0.4 is 15.0 Å². The van der Waals surface area contributed by atoms with Crippen LogP contribution >= 0.6 is 0 Å². The monoisotopic (exact) mass is 483 g/mol. The van der Waals surface area contributed by atoms with Gasteiger partial charge in [-0.3, -0.25) is 4.90 Å². The topological polar surface area (TPSA) is 83.0 Å². The Kier molecular flexibility index (Phi) is 8.27. The smallest absolute Gasteiger partial charge is 0.161 e. The lowest BCUT2D eigenvalue weighted by molar-refractivity contribution is 0.108. The molecule has 2 aromatic rings. The van der Waals surface area contributed by atoms with Crippen LogP contribution in [-0.4, -0.2) is 91.7 Å². The Balaban J connectivity index is 1.66. The fourth-order valence-electron chi connectivity index (χ4n) is 4.84. The van der Waals surface area contributed by atoms with Crippen molar-refractivity contribution >= 4 is 5.82 Å². The maximum absolute atomic E-state index is 10.0. The predicted octanol–water partition coefficient (Wildman–Crippen LogP) is 2.52. The van der Waals surface area contributed by atoms with E-state index in [1.165, 1.54) is 5.56 Å². The summed E-state index contributed by atoms with van der Waals surface area (Å²) in [5, 5.41) is 13.0. The van der Waals surface area contributed by atoms with Crippen LogP contribution in [0.3, 0.4) is 0 Å². The van der Waals surface area contributed by atoms with Crippen molar-refractivity contribution < 1.29 is 14.6 Å². The molecule has 192 valence electrons. The van der Waals surface area contributed by atoms with Crippen molar-refractivity contribution in [2.75, 3.05) is 65.0 Å². The second-order valence-corrected chi connectivity index (χ2v) is 10.6. The molecule has 0 spiro atoms. The number of benzene rings is 1. The molecule has 8 nitrogen and oxygen atoms in total. The lowest BCUT2D eigenvalue weighted by atomic mass is 9.97. The number of anilines is 1. The highest BCUT2D eigenvalue weighted by Gasteiger charge is 2.33. The van der Waals surface area contributed by atoms with Crippen LogP contribution in [0.25, 0.3) is 11.4 Å². The largest absolute Gasteiger partial charge is 0.491 e. The summed E-state index contributed by atoms with van der Waals surface area (Å²) in [7, 11) is 4.01. The molecular weight excluding hydrogens is 442 g/mol. The van der Waals surface area contributed by atoms with Crippen LogP contribution in [0.1, 0.15) is 31.5 Å². The summed E-state index contributed by atoms with van der Waals surface area (Å²) < 4.78 is 11.5.